The third-order valence-corrected chi connectivity index (χ3v) is 6.48. The first-order valence-corrected chi connectivity index (χ1v) is 10.3. The molecule has 2 fully saturated rings. The molecule has 174 valence electrons. The third kappa shape index (κ3) is 6.91. The zero-order valence-electron chi connectivity index (χ0n) is 17.5. The molecule has 2 aliphatic heterocycles. The van der Waals surface area contributed by atoms with E-state index in [1.807, 2.05) is 12.1 Å². The fourth-order valence-electron chi connectivity index (χ4n) is 4.78. The normalized spacial score (nSPS) is 26.2. The number of carboxylic acid groups (broad SMARTS) is 1. The van der Waals surface area contributed by atoms with E-state index in [4.69, 9.17) is 26.2 Å². The Hall–Kier alpha value is -1.16. The van der Waals surface area contributed by atoms with Gasteiger partial charge in [-0.3, -0.25) is 14.4 Å². The number of carbonyl (C=O) groups is 3. The highest BCUT2D eigenvalue weighted by atomic mass is 79.9. The van der Waals surface area contributed by atoms with Gasteiger partial charge in [-0.15, -0.1) is 34.0 Å². The molecule has 2 atom stereocenters. The van der Waals surface area contributed by atoms with Gasteiger partial charge in [-0.2, -0.15) is 0 Å². The van der Waals surface area contributed by atoms with Crippen LogP contribution in [0.15, 0.2) is 18.2 Å². The third-order valence-electron chi connectivity index (χ3n) is 6.19. The van der Waals surface area contributed by atoms with Gasteiger partial charge in [0, 0.05) is 38.2 Å². The Morgan fingerprint density at radius 2 is 1.74 bits per heavy atom. The minimum atomic E-state index is -0.992. The number of ether oxygens (including phenoxy) is 2. The first-order valence-electron chi connectivity index (χ1n) is 9.90. The molecule has 0 aromatic heterocycles. The van der Waals surface area contributed by atoms with E-state index < -0.39 is 17.9 Å². The van der Waals surface area contributed by atoms with E-state index in [0.717, 1.165) is 42.3 Å². The van der Waals surface area contributed by atoms with Crippen LogP contribution < -0.4 is 4.74 Å². The fraction of sp³-hybridized carbons (Fsp3) is 0.571. The lowest BCUT2D eigenvalue weighted by Crippen LogP contribution is -2.58. The van der Waals surface area contributed by atoms with Crippen LogP contribution in [0.4, 0.5) is 0 Å². The second-order valence-electron chi connectivity index (χ2n) is 8.23. The number of hydrogen-bond acceptors (Lipinski definition) is 5. The van der Waals surface area contributed by atoms with E-state index in [1.165, 1.54) is 6.92 Å². The lowest BCUT2D eigenvalue weighted by Gasteiger charge is -2.47. The summed E-state index contributed by atoms with van der Waals surface area (Å²) in [6, 6.07) is 6.26. The number of benzene rings is 1. The van der Waals surface area contributed by atoms with Crippen molar-refractivity contribution in [3.05, 3.63) is 28.8 Å². The molecule has 0 aliphatic carbocycles. The zero-order valence-corrected chi connectivity index (χ0v) is 21.7. The van der Waals surface area contributed by atoms with Gasteiger partial charge >= 0.3 is 17.9 Å². The van der Waals surface area contributed by atoms with Gasteiger partial charge < -0.3 is 19.1 Å². The van der Waals surface area contributed by atoms with Crippen LogP contribution in [0.2, 0.25) is 5.02 Å². The van der Waals surface area contributed by atoms with Crippen LogP contribution in [-0.4, -0.2) is 52.7 Å². The topological polar surface area (TPSA) is 89.9 Å². The predicted octanol–water partition coefficient (Wildman–Crippen LogP) is 4.47. The van der Waals surface area contributed by atoms with Crippen molar-refractivity contribution < 1.29 is 33.4 Å². The number of fused-ring (bicyclic) bond motifs is 2. The number of esters is 2. The van der Waals surface area contributed by atoms with Gasteiger partial charge in [0.25, 0.3) is 0 Å². The maximum atomic E-state index is 11.9. The molecular weight excluding hydrogens is 557 g/mol. The number of piperidine rings is 1. The molecule has 0 saturated carbocycles. The van der Waals surface area contributed by atoms with Crippen molar-refractivity contribution in [1.82, 2.24) is 0 Å². The monoisotopic (exact) mass is 584 g/mol. The summed E-state index contributed by atoms with van der Waals surface area (Å²) in [6.45, 7) is 2.14. The average molecular weight is 587 g/mol. The first-order chi connectivity index (χ1) is 13.7. The molecule has 0 radical (unpaired) electrons. The van der Waals surface area contributed by atoms with Gasteiger partial charge in [-0.1, -0.05) is 11.6 Å². The van der Waals surface area contributed by atoms with E-state index in [-0.39, 0.29) is 52.9 Å². The minimum Gasteiger partial charge on any atom is -0.481 e. The molecule has 1 aromatic rings. The minimum absolute atomic E-state index is 0. The Bertz CT molecular complexity index is 807. The van der Waals surface area contributed by atoms with Crippen LogP contribution >= 0.6 is 45.6 Å². The van der Waals surface area contributed by atoms with Crippen molar-refractivity contribution in [3.63, 3.8) is 0 Å². The molecule has 1 aromatic carbocycles. The molecular formula is C21H29Br2ClNO6+. The number of quaternary nitrogens is 1. The number of nitrogens with zero attached hydrogens (tertiary/aromatic N) is 1. The quantitative estimate of drug-likeness (QED) is 0.288. The van der Waals surface area contributed by atoms with Crippen molar-refractivity contribution in [3.8, 4) is 5.75 Å². The molecule has 1 N–H and O–H groups in total. The second-order valence-corrected chi connectivity index (χ2v) is 8.63. The lowest BCUT2D eigenvalue weighted by atomic mass is 9.95. The molecule has 0 spiro atoms. The first kappa shape index (κ1) is 27.9. The van der Waals surface area contributed by atoms with E-state index >= 15 is 0 Å². The van der Waals surface area contributed by atoms with E-state index in [1.54, 1.807) is 6.07 Å². The summed E-state index contributed by atoms with van der Waals surface area (Å²) in [6.07, 6.45) is 3.29. The van der Waals surface area contributed by atoms with Crippen LogP contribution in [0, 0.1) is 0 Å². The van der Waals surface area contributed by atoms with Crippen molar-refractivity contribution in [2.45, 2.75) is 70.2 Å². The maximum absolute atomic E-state index is 11.9. The Balaban J connectivity index is 0.00000240. The second kappa shape index (κ2) is 11.6. The number of carbonyl (C=O) groups excluding carboxylic acids is 2. The van der Waals surface area contributed by atoms with Gasteiger partial charge in [-0.05, 0) is 18.2 Å². The van der Waals surface area contributed by atoms with Crippen molar-refractivity contribution in [1.29, 1.82) is 0 Å². The molecule has 31 heavy (non-hydrogen) atoms. The highest BCUT2D eigenvalue weighted by Gasteiger charge is 2.52. The van der Waals surface area contributed by atoms with Crippen molar-refractivity contribution in [2.75, 3.05) is 7.05 Å². The number of halogens is 3. The molecule has 2 unspecified atom stereocenters. The van der Waals surface area contributed by atoms with E-state index in [9.17, 15) is 14.4 Å². The molecule has 3 rings (SSSR count). The summed E-state index contributed by atoms with van der Waals surface area (Å²) in [4.78, 5) is 33.7. The predicted molar refractivity (Wildman–Crippen MR) is 126 cm³/mol. The molecule has 2 aliphatic rings. The molecule has 10 heteroatoms. The number of carboxylic acids is 1. The Kier molecular flexibility index (Phi) is 10.5. The van der Waals surface area contributed by atoms with Gasteiger partial charge in [-0.25, -0.2) is 0 Å². The zero-order chi connectivity index (χ0) is 21.2. The SMILES string of the molecule is Br.Br.CC(=O)Oc1ccc(C[N+]2(C)C3CCC2CC(OC(=O)CCC(=O)O)C3)cc1Cl. The average Bonchev–Trinajstić information content (AvgIpc) is 2.80. The van der Waals surface area contributed by atoms with Crippen LogP contribution in [0.3, 0.4) is 0 Å². The number of aliphatic carboxylic acids is 1. The number of rotatable bonds is 7. The summed E-state index contributed by atoms with van der Waals surface area (Å²) in [5, 5.41) is 9.12. The smallest absolute Gasteiger partial charge is 0.308 e. The van der Waals surface area contributed by atoms with Crippen LogP contribution in [0.5, 0.6) is 5.75 Å². The standard InChI is InChI=1S/C21H26ClNO6.2BrH/c1-13(24)28-19-6-3-14(9-18(19)22)12-23(2)15-4-5-16(23)11-17(10-15)29-21(27)8-7-20(25)26;;/h3,6,9,15-17H,4-5,7-8,10-12H2,1-2H3;2*1H/p+1. The Morgan fingerprint density at radius 1 is 1.13 bits per heavy atom. The summed E-state index contributed by atoms with van der Waals surface area (Å²) in [7, 11) is 2.23. The Morgan fingerprint density at radius 3 is 2.26 bits per heavy atom. The van der Waals surface area contributed by atoms with Crippen LogP contribution in [0.1, 0.15) is 51.0 Å². The Labute approximate surface area is 208 Å². The van der Waals surface area contributed by atoms with Crippen molar-refractivity contribution in [2.24, 2.45) is 0 Å². The highest BCUT2D eigenvalue weighted by Crippen LogP contribution is 2.44. The largest absolute Gasteiger partial charge is 0.481 e. The van der Waals surface area contributed by atoms with Crippen LogP contribution in [0.25, 0.3) is 0 Å². The van der Waals surface area contributed by atoms with E-state index in [0.29, 0.717) is 22.9 Å². The van der Waals surface area contributed by atoms with E-state index in [2.05, 4.69) is 7.05 Å². The highest BCUT2D eigenvalue weighted by molar-refractivity contribution is 8.93. The van der Waals surface area contributed by atoms with Gasteiger partial charge in [0.2, 0.25) is 0 Å². The molecule has 2 bridgehead atoms. The number of hydrogen-bond donors (Lipinski definition) is 1. The fourth-order valence-corrected chi connectivity index (χ4v) is 5.02. The summed E-state index contributed by atoms with van der Waals surface area (Å²) < 4.78 is 11.5. The van der Waals surface area contributed by atoms with Gasteiger partial charge in [0.1, 0.15) is 18.4 Å². The molecule has 2 heterocycles. The summed E-state index contributed by atoms with van der Waals surface area (Å²) in [5.41, 5.74) is 1.07. The molecule has 7 nitrogen and oxygen atoms in total. The van der Waals surface area contributed by atoms with Gasteiger partial charge in [0.15, 0.2) is 0 Å². The summed E-state index contributed by atoms with van der Waals surface area (Å²) in [5.74, 6) is -1.47. The molecule has 2 saturated heterocycles. The van der Waals surface area contributed by atoms with Gasteiger partial charge in [0.05, 0.1) is 37.0 Å². The molecule has 0 amide bonds. The maximum Gasteiger partial charge on any atom is 0.308 e. The lowest BCUT2D eigenvalue weighted by molar-refractivity contribution is -0.961. The van der Waals surface area contributed by atoms with Crippen molar-refractivity contribution >= 4 is 63.5 Å². The summed E-state index contributed by atoms with van der Waals surface area (Å²) >= 11 is 6.27. The van der Waals surface area contributed by atoms with Crippen LogP contribution in [-0.2, 0) is 25.7 Å².